The van der Waals surface area contributed by atoms with E-state index in [1.165, 1.54) is 0 Å². The van der Waals surface area contributed by atoms with Crippen molar-refractivity contribution < 1.29 is 23.9 Å². The van der Waals surface area contributed by atoms with Gasteiger partial charge in [-0.25, -0.2) is 0 Å². The molecule has 0 heterocycles. The van der Waals surface area contributed by atoms with Gasteiger partial charge >= 0.3 is 0 Å². The van der Waals surface area contributed by atoms with Gasteiger partial charge in [-0.05, 0) is 26.7 Å². The molecule has 0 aromatic rings. The smallest absolute Gasteiger partial charge is 0.223 e. The molecule has 1 aliphatic carbocycles. The highest BCUT2D eigenvalue weighted by atomic mass is 16.5. The monoisotopic (exact) mass is 356 g/mol. The van der Waals surface area contributed by atoms with E-state index in [0.29, 0.717) is 52.0 Å². The second kappa shape index (κ2) is 12.0. The standard InChI is InChI=1S/C18H32N2O5/c1-4-16(21)5-8-24-9-6-17(22)20-15-11-14(12-15)18(23)19-7-10-25-13(2)3/h13-15H,4-12H2,1-3H3,(H,19,23)(H,20,22). The topological polar surface area (TPSA) is 93.7 Å². The Bertz CT molecular complexity index is 433. The van der Waals surface area contributed by atoms with E-state index in [1.807, 2.05) is 20.8 Å². The van der Waals surface area contributed by atoms with Crippen LogP contribution in [0.25, 0.3) is 0 Å². The maximum atomic E-state index is 11.9. The van der Waals surface area contributed by atoms with Crippen molar-refractivity contribution in [3.05, 3.63) is 0 Å². The van der Waals surface area contributed by atoms with E-state index in [4.69, 9.17) is 9.47 Å². The molecule has 7 heteroatoms. The number of nitrogens with one attached hydrogen (secondary N) is 2. The van der Waals surface area contributed by atoms with Crippen molar-refractivity contribution in [2.24, 2.45) is 5.92 Å². The summed E-state index contributed by atoms with van der Waals surface area (Å²) >= 11 is 0. The fraction of sp³-hybridized carbons (Fsp3) is 0.833. The lowest BCUT2D eigenvalue weighted by atomic mass is 9.79. The van der Waals surface area contributed by atoms with E-state index in [2.05, 4.69) is 10.6 Å². The Morgan fingerprint density at radius 2 is 1.76 bits per heavy atom. The summed E-state index contributed by atoms with van der Waals surface area (Å²) in [5.74, 6) is 0.0949. The van der Waals surface area contributed by atoms with Crippen LogP contribution in [0.3, 0.4) is 0 Å². The number of hydrogen-bond donors (Lipinski definition) is 2. The molecule has 7 nitrogen and oxygen atoms in total. The summed E-state index contributed by atoms with van der Waals surface area (Å²) in [5, 5.41) is 5.76. The van der Waals surface area contributed by atoms with Gasteiger partial charge in [0.05, 0.1) is 25.9 Å². The number of Topliss-reactive ketones (excluding diaryl/α,β-unsaturated/α-hetero) is 1. The van der Waals surface area contributed by atoms with Gasteiger partial charge in [0.1, 0.15) is 5.78 Å². The third-order valence-electron chi connectivity index (χ3n) is 4.12. The highest BCUT2D eigenvalue weighted by Crippen LogP contribution is 2.27. The molecule has 0 spiro atoms. The lowest BCUT2D eigenvalue weighted by molar-refractivity contribution is -0.131. The Balaban J connectivity index is 2.00. The normalized spacial score (nSPS) is 19.4. The molecule has 1 saturated carbocycles. The second-order valence-electron chi connectivity index (χ2n) is 6.65. The molecule has 144 valence electrons. The minimum atomic E-state index is -0.0731. The van der Waals surface area contributed by atoms with Crippen LogP contribution in [0, 0.1) is 5.92 Å². The minimum absolute atomic E-state index is 0.0272. The Labute approximate surface area is 150 Å². The molecule has 0 saturated heterocycles. The molecule has 0 unspecified atom stereocenters. The number of carbonyl (C=O) groups excluding carboxylic acids is 3. The molecular weight excluding hydrogens is 324 g/mol. The summed E-state index contributed by atoms with van der Waals surface area (Å²) in [6.45, 7) is 7.44. The van der Waals surface area contributed by atoms with E-state index in [9.17, 15) is 14.4 Å². The molecule has 2 amide bonds. The highest BCUT2D eigenvalue weighted by molar-refractivity contribution is 5.81. The number of ketones is 1. The van der Waals surface area contributed by atoms with Crippen molar-refractivity contribution in [2.75, 3.05) is 26.4 Å². The Morgan fingerprint density at radius 3 is 2.40 bits per heavy atom. The van der Waals surface area contributed by atoms with Crippen LogP contribution >= 0.6 is 0 Å². The van der Waals surface area contributed by atoms with Gasteiger partial charge in [0.25, 0.3) is 0 Å². The lowest BCUT2D eigenvalue weighted by Gasteiger charge is -2.34. The average molecular weight is 356 g/mol. The van der Waals surface area contributed by atoms with Gasteiger partial charge < -0.3 is 20.1 Å². The second-order valence-corrected chi connectivity index (χ2v) is 6.65. The Hall–Kier alpha value is -1.47. The van der Waals surface area contributed by atoms with Crippen molar-refractivity contribution in [2.45, 2.75) is 65.0 Å². The van der Waals surface area contributed by atoms with Gasteiger partial charge in [0, 0.05) is 37.8 Å². The summed E-state index contributed by atoms with van der Waals surface area (Å²) in [6.07, 6.45) is 2.71. The third-order valence-corrected chi connectivity index (χ3v) is 4.12. The predicted molar refractivity (Wildman–Crippen MR) is 94.1 cm³/mol. The Morgan fingerprint density at radius 1 is 1.08 bits per heavy atom. The molecule has 0 aromatic heterocycles. The maximum Gasteiger partial charge on any atom is 0.223 e. The molecule has 25 heavy (non-hydrogen) atoms. The number of rotatable bonds is 13. The van der Waals surface area contributed by atoms with Gasteiger partial charge in [-0.2, -0.15) is 0 Å². The summed E-state index contributed by atoms with van der Waals surface area (Å²) in [7, 11) is 0. The molecule has 0 bridgehead atoms. The number of hydrogen-bond acceptors (Lipinski definition) is 5. The van der Waals surface area contributed by atoms with Crippen LogP contribution in [-0.2, 0) is 23.9 Å². The van der Waals surface area contributed by atoms with Gasteiger partial charge in [-0.1, -0.05) is 6.92 Å². The number of ether oxygens (including phenoxy) is 2. The zero-order chi connectivity index (χ0) is 18.7. The van der Waals surface area contributed by atoms with Crippen molar-refractivity contribution in [1.82, 2.24) is 10.6 Å². The maximum absolute atomic E-state index is 11.9. The van der Waals surface area contributed by atoms with Crippen molar-refractivity contribution in [3.8, 4) is 0 Å². The first kappa shape index (κ1) is 21.6. The van der Waals surface area contributed by atoms with Crippen LogP contribution in [0.1, 0.15) is 52.9 Å². The fourth-order valence-electron chi connectivity index (χ4n) is 2.49. The quantitative estimate of drug-likeness (QED) is 0.484. The van der Waals surface area contributed by atoms with E-state index < -0.39 is 0 Å². The molecule has 1 fully saturated rings. The summed E-state index contributed by atoms with van der Waals surface area (Å²) in [6, 6.07) is 0.0665. The van der Waals surface area contributed by atoms with Crippen molar-refractivity contribution in [3.63, 3.8) is 0 Å². The third kappa shape index (κ3) is 9.55. The molecule has 0 radical (unpaired) electrons. The zero-order valence-electron chi connectivity index (χ0n) is 15.6. The molecule has 0 atom stereocenters. The molecular formula is C18H32N2O5. The first-order valence-electron chi connectivity index (χ1n) is 9.20. The molecule has 0 aromatic carbocycles. The van der Waals surface area contributed by atoms with Crippen LogP contribution in [0.2, 0.25) is 0 Å². The van der Waals surface area contributed by atoms with Crippen LogP contribution in [0.4, 0.5) is 0 Å². The zero-order valence-corrected chi connectivity index (χ0v) is 15.6. The molecule has 1 rings (SSSR count). The highest BCUT2D eigenvalue weighted by Gasteiger charge is 2.34. The molecule has 2 N–H and O–H groups in total. The van der Waals surface area contributed by atoms with Gasteiger partial charge in [0.15, 0.2) is 0 Å². The predicted octanol–water partition coefficient (Wildman–Crippen LogP) is 1.20. The van der Waals surface area contributed by atoms with Gasteiger partial charge in [-0.3, -0.25) is 14.4 Å². The summed E-state index contributed by atoms with van der Waals surface area (Å²) < 4.78 is 10.7. The first-order chi connectivity index (χ1) is 11.9. The largest absolute Gasteiger partial charge is 0.380 e. The van der Waals surface area contributed by atoms with E-state index >= 15 is 0 Å². The minimum Gasteiger partial charge on any atom is -0.380 e. The van der Waals surface area contributed by atoms with Crippen LogP contribution in [0.15, 0.2) is 0 Å². The number of carbonyl (C=O) groups is 3. The van der Waals surface area contributed by atoms with Gasteiger partial charge in [-0.15, -0.1) is 0 Å². The van der Waals surface area contributed by atoms with Crippen molar-refractivity contribution in [1.29, 1.82) is 0 Å². The summed E-state index contributed by atoms with van der Waals surface area (Å²) in [5.41, 5.74) is 0. The lowest BCUT2D eigenvalue weighted by Crippen LogP contribution is -2.49. The molecule has 0 aliphatic heterocycles. The van der Waals surface area contributed by atoms with E-state index in [-0.39, 0.29) is 42.1 Å². The van der Waals surface area contributed by atoms with E-state index in [0.717, 1.165) is 0 Å². The van der Waals surface area contributed by atoms with E-state index in [1.54, 1.807) is 0 Å². The van der Waals surface area contributed by atoms with Crippen LogP contribution in [-0.4, -0.2) is 56.1 Å². The first-order valence-corrected chi connectivity index (χ1v) is 9.20. The van der Waals surface area contributed by atoms with Crippen molar-refractivity contribution >= 4 is 17.6 Å². The molecule has 1 aliphatic rings. The SMILES string of the molecule is CCC(=O)CCOCCC(=O)NC1CC(C(=O)NCCOC(C)C)C1. The van der Waals surface area contributed by atoms with Gasteiger partial charge in [0.2, 0.25) is 11.8 Å². The van der Waals surface area contributed by atoms with Crippen LogP contribution < -0.4 is 10.6 Å². The van der Waals surface area contributed by atoms with Crippen LogP contribution in [0.5, 0.6) is 0 Å². The number of amides is 2. The average Bonchev–Trinajstić information content (AvgIpc) is 2.53. The fourth-order valence-corrected chi connectivity index (χ4v) is 2.49. The Kier molecular flexibility index (Phi) is 10.3. The summed E-state index contributed by atoms with van der Waals surface area (Å²) in [4.78, 5) is 34.8.